The molecule has 64 valence electrons. The van der Waals surface area contributed by atoms with Crippen LogP contribution >= 0.6 is 0 Å². The zero-order chi connectivity index (χ0) is 9.14. The summed E-state index contributed by atoms with van der Waals surface area (Å²) in [6.45, 7) is 5.57. The van der Waals surface area contributed by atoms with Crippen molar-refractivity contribution in [3.8, 4) is 0 Å². The van der Waals surface area contributed by atoms with E-state index in [0.717, 1.165) is 5.57 Å². The van der Waals surface area contributed by atoms with Gasteiger partial charge in [0.1, 0.15) is 0 Å². The number of hydrogen-bond donors (Lipinski definition) is 0. The van der Waals surface area contributed by atoms with Gasteiger partial charge in [-0.15, -0.1) is 6.58 Å². The first kappa shape index (κ1) is 8.71. The van der Waals surface area contributed by atoms with Crippen LogP contribution in [0.15, 0.2) is 23.8 Å². The Balaban J connectivity index is 2.52. The molecule has 0 N–H and O–H groups in total. The van der Waals surface area contributed by atoms with Crippen molar-refractivity contribution in [2.45, 2.75) is 19.8 Å². The molecule has 0 aromatic rings. The summed E-state index contributed by atoms with van der Waals surface area (Å²) in [6.07, 6.45) is 2.50. The minimum Gasteiger partial charge on any atom is -0.386 e. The van der Waals surface area contributed by atoms with Crippen LogP contribution in [0.3, 0.4) is 0 Å². The summed E-state index contributed by atoms with van der Waals surface area (Å²) < 4.78 is 4.31. The fourth-order valence-corrected chi connectivity index (χ4v) is 0.910. The van der Waals surface area contributed by atoms with E-state index in [-0.39, 0.29) is 0 Å². The molecule has 0 radical (unpaired) electrons. The molecule has 0 aromatic heterocycles. The maximum absolute atomic E-state index is 10.9. The molecule has 0 atom stereocenters. The van der Waals surface area contributed by atoms with Gasteiger partial charge in [-0.1, -0.05) is 5.57 Å². The molecule has 0 amide bonds. The second-order valence-corrected chi connectivity index (χ2v) is 2.84. The highest BCUT2D eigenvalue weighted by atomic mass is 16.6. The number of ether oxygens (including phenoxy) is 1. The van der Waals surface area contributed by atoms with E-state index in [9.17, 15) is 9.59 Å². The van der Waals surface area contributed by atoms with E-state index in [0.29, 0.717) is 18.4 Å². The molecule has 0 saturated heterocycles. The van der Waals surface area contributed by atoms with Gasteiger partial charge in [0.05, 0.1) is 0 Å². The lowest BCUT2D eigenvalue weighted by molar-refractivity contribution is -0.150. The Labute approximate surface area is 70.7 Å². The molecule has 12 heavy (non-hydrogen) atoms. The summed E-state index contributed by atoms with van der Waals surface area (Å²) in [5, 5.41) is 0. The highest BCUT2D eigenvalue weighted by Crippen LogP contribution is 2.16. The average Bonchev–Trinajstić information content (AvgIpc) is 2.26. The molecule has 0 bridgehead atoms. The molecular weight excluding hydrogens is 156 g/mol. The number of hydrogen-bond acceptors (Lipinski definition) is 3. The highest BCUT2D eigenvalue weighted by molar-refractivity contribution is 6.08. The minimum absolute atomic E-state index is 0.447. The number of carbonyl (C=O) groups excluding carboxylic acids is 2. The summed E-state index contributed by atoms with van der Waals surface area (Å²) in [5.74, 6) is -1.07. The fourth-order valence-electron chi connectivity index (χ4n) is 0.910. The topological polar surface area (TPSA) is 43.4 Å². The van der Waals surface area contributed by atoms with Gasteiger partial charge in [0, 0.05) is 11.6 Å². The summed E-state index contributed by atoms with van der Waals surface area (Å²) >= 11 is 0. The van der Waals surface area contributed by atoms with Crippen molar-refractivity contribution in [2.24, 2.45) is 0 Å². The van der Waals surface area contributed by atoms with Gasteiger partial charge in [0.25, 0.3) is 0 Å². The number of carbonyl (C=O) groups is 2. The molecule has 1 heterocycles. The second kappa shape index (κ2) is 3.34. The standard InChI is InChI=1S/C9H10O3/c1-6(2)3-4-7-5-8(10)12-9(7)11/h5H,1,3-4H2,2H3. The Bertz CT molecular complexity index is 273. The van der Waals surface area contributed by atoms with Gasteiger partial charge in [0.15, 0.2) is 0 Å². The van der Waals surface area contributed by atoms with Crippen molar-refractivity contribution in [2.75, 3.05) is 0 Å². The van der Waals surface area contributed by atoms with Crippen molar-refractivity contribution in [3.63, 3.8) is 0 Å². The van der Waals surface area contributed by atoms with Crippen LogP contribution in [0.5, 0.6) is 0 Å². The third-order valence-electron chi connectivity index (χ3n) is 1.57. The van der Waals surface area contributed by atoms with Crippen molar-refractivity contribution in [1.82, 2.24) is 0 Å². The minimum atomic E-state index is -0.559. The van der Waals surface area contributed by atoms with Crippen LogP contribution in [-0.2, 0) is 14.3 Å². The third-order valence-corrected chi connectivity index (χ3v) is 1.57. The first-order chi connectivity index (χ1) is 5.59. The largest absolute Gasteiger partial charge is 0.386 e. The Kier molecular flexibility index (Phi) is 2.43. The van der Waals surface area contributed by atoms with E-state index >= 15 is 0 Å². The van der Waals surface area contributed by atoms with Gasteiger partial charge in [-0.3, -0.25) is 0 Å². The number of cyclic esters (lactones) is 2. The Morgan fingerprint density at radius 3 is 2.67 bits per heavy atom. The fraction of sp³-hybridized carbons (Fsp3) is 0.333. The van der Waals surface area contributed by atoms with Crippen LogP contribution in [0.4, 0.5) is 0 Å². The quantitative estimate of drug-likeness (QED) is 0.361. The van der Waals surface area contributed by atoms with E-state index in [1.807, 2.05) is 6.92 Å². The van der Waals surface area contributed by atoms with Crippen LogP contribution in [-0.4, -0.2) is 11.9 Å². The molecule has 0 saturated carbocycles. The van der Waals surface area contributed by atoms with E-state index in [2.05, 4.69) is 11.3 Å². The Hall–Kier alpha value is -1.38. The lowest BCUT2D eigenvalue weighted by atomic mass is 10.1. The molecule has 0 fully saturated rings. The number of rotatable bonds is 3. The van der Waals surface area contributed by atoms with Crippen molar-refractivity contribution >= 4 is 11.9 Å². The second-order valence-electron chi connectivity index (χ2n) is 2.84. The van der Waals surface area contributed by atoms with Crippen LogP contribution in [0.25, 0.3) is 0 Å². The van der Waals surface area contributed by atoms with E-state index in [1.165, 1.54) is 6.08 Å². The molecule has 1 aliphatic heterocycles. The summed E-state index contributed by atoms with van der Waals surface area (Å²) in [7, 11) is 0. The Morgan fingerprint density at radius 2 is 2.25 bits per heavy atom. The van der Waals surface area contributed by atoms with Crippen LogP contribution in [0.2, 0.25) is 0 Å². The molecular formula is C9H10O3. The summed E-state index contributed by atoms with van der Waals surface area (Å²) in [4.78, 5) is 21.4. The monoisotopic (exact) mass is 166 g/mol. The van der Waals surface area contributed by atoms with E-state index < -0.39 is 11.9 Å². The van der Waals surface area contributed by atoms with Gasteiger partial charge < -0.3 is 4.74 Å². The third kappa shape index (κ3) is 2.05. The average molecular weight is 166 g/mol. The smallest absolute Gasteiger partial charge is 0.342 e. The highest BCUT2D eigenvalue weighted by Gasteiger charge is 2.22. The van der Waals surface area contributed by atoms with Crippen LogP contribution in [0.1, 0.15) is 19.8 Å². The van der Waals surface area contributed by atoms with E-state index in [4.69, 9.17) is 0 Å². The van der Waals surface area contributed by atoms with Crippen molar-refractivity contribution < 1.29 is 14.3 Å². The summed E-state index contributed by atoms with van der Waals surface area (Å²) in [5.41, 5.74) is 1.44. The SMILES string of the molecule is C=C(C)CCC1=CC(=O)OC1=O. The predicted molar refractivity (Wildman–Crippen MR) is 43.2 cm³/mol. The first-order valence-electron chi connectivity index (χ1n) is 3.70. The zero-order valence-corrected chi connectivity index (χ0v) is 6.92. The molecule has 3 nitrogen and oxygen atoms in total. The van der Waals surface area contributed by atoms with Gasteiger partial charge >= 0.3 is 11.9 Å². The van der Waals surface area contributed by atoms with Crippen LogP contribution in [0, 0.1) is 0 Å². The van der Waals surface area contributed by atoms with Gasteiger partial charge in [-0.25, -0.2) is 9.59 Å². The maximum Gasteiger partial charge on any atom is 0.342 e. The van der Waals surface area contributed by atoms with Crippen molar-refractivity contribution in [1.29, 1.82) is 0 Å². The van der Waals surface area contributed by atoms with Gasteiger partial charge in [-0.05, 0) is 19.8 Å². The molecule has 1 aliphatic rings. The molecule has 0 aliphatic carbocycles. The Morgan fingerprint density at radius 1 is 1.58 bits per heavy atom. The van der Waals surface area contributed by atoms with Gasteiger partial charge in [0.2, 0.25) is 0 Å². The normalized spacial score (nSPS) is 15.9. The molecule has 1 rings (SSSR count). The molecule has 0 spiro atoms. The maximum atomic E-state index is 10.9. The van der Waals surface area contributed by atoms with Crippen LogP contribution < -0.4 is 0 Å². The lowest BCUT2D eigenvalue weighted by Gasteiger charge is -1.97. The molecule has 0 unspecified atom stereocenters. The first-order valence-corrected chi connectivity index (χ1v) is 3.70. The molecule has 0 aromatic carbocycles. The zero-order valence-electron chi connectivity index (χ0n) is 6.92. The number of allylic oxidation sites excluding steroid dienone is 1. The van der Waals surface area contributed by atoms with Gasteiger partial charge in [-0.2, -0.15) is 0 Å². The van der Waals surface area contributed by atoms with E-state index in [1.54, 1.807) is 0 Å². The number of esters is 2. The molecule has 3 heteroatoms. The lowest BCUT2D eigenvalue weighted by Crippen LogP contribution is -2.01. The predicted octanol–water partition coefficient (Wildman–Crippen LogP) is 1.35. The summed E-state index contributed by atoms with van der Waals surface area (Å²) in [6, 6.07) is 0. The van der Waals surface area contributed by atoms with Crippen molar-refractivity contribution in [3.05, 3.63) is 23.8 Å².